The highest BCUT2D eigenvalue weighted by Gasteiger charge is 2.26. The van der Waals surface area contributed by atoms with Gasteiger partial charge in [-0.2, -0.15) is 0 Å². The zero-order chi connectivity index (χ0) is 12.4. The van der Waals surface area contributed by atoms with Gasteiger partial charge >= 0.3 is 0 Å². The maximum atomic E-state index is 2.59. The van der Waals surface area contributed by atoms with Crippen molar-refractivity contribution in [3.8, 4) is 0 Å². The molecule has 2 unspecified atom stereocenters. The molecule has 1 fully saturated rings. The monoisotopic (exact) mass is 241 g/mol. The van der Waals surface area contributed by atoms with Crippen LogP contribution in [0.25, 0.3) is 0 Å². The van der Waals surface area contributed by atoms with Crippen molar-refractivity contribution in [1.82, 2.24) is 4.90 Å². The summed E-state index contributed by atoms with van der Waals surface area (Å²) in [6, 6.07) is 0. The minimum absolute atomic E-state index is 0.632. The van der Waals surface area contributed by atoms with E-state index in [0.717, 1.165) is 5.92 Å². The molecule has 2 atom stereocenters. The second-order valence-electron chi connectivity index (χ2n) is 5.65. The maximum Gasteiger partial charge on any atom is 0.00525 e. The van der Waals surface area contributed by atoms with Crippen LogP contribution in [0.2, 0.25) is 0 Å². The molecule has 1 nitrogen and oxygen atoms in total. The van der Waals surface area contributed by atoms with Crippen LogP contribution in [0.4, 0.5) is 0 Å². The number of piperidine rings is 1. The fourth-order valence-corrected chi connectivity index (χ4v) is 3.35. The molecule has 96 valence electrons. The molecule has 2 aliphatic carbocycles. The van der Waals surface area contributed by atoms with Crippen molar-refractivity contribution < 1.29 is 0 Å². The summed E-state index contributed by atoms with van der Waals surface area (Å²) in [5.74, 6) is 1.43. The van der Waals surface area contributed by atoms with E-state index in [1.54, 1.807) is 11.1 Å². The van der Waals surface area contributed by atoms with Crippen molar-refractivity contribution in [3.63, 3.8) is 0 Å². The first-order valence-electron chi connectivity index (χ1n) is 7.33. The van der Waals surface area contributed by atoms with Gasteiger partial charge in [-0.1, -0.05) is 49.0 Å². The van der Waals surface area contributed by atoms with Crippen LogP contribution < -0.4 is 0 Å². The molecule has 1 aliphatic heterocycles. The fraction of sp³-hybridized carbons (Fsp3) is 0.529. The van der Waals surface area contributed by atoms with Crippen LogP contribution >= 0.6 is 0 Å². The summed E-state index contributed by atoms with van der Waals surface area (Å²) in [4.78, 5) is 2.59. The van der Waals surface area contributed by atoms with E-state index in [2.05, 4.69) is 48.3 Å². The van der Waals surface area contributed by atoms with Crippen LogP contribution in [0.1, 0.15) is 26.2 Å². The van der Waals surface area contributed by atoms with Crippen molar-refractivity contribution in [2.24, 2.45) is 11.8 Å². The van der Waals surface area contributed by atoms with Crippen LogP contribution in [-0.2, 0) is 0 Å². The van der Waals surface area contributed by atoms with E-state index in [-0.39, 0.29) is 0 Å². The predicted octanol–water partition coefficient (Wildman–Crippen LogP) is 3.72. The first-order valence-corrected chi connectivity index (χ1v) is 7.33. The molecule has 3 rings (SSSR count). The van der Waals surface area contributed by atoms with Crippen molar-refractivity contribution in [3.05, 3.63) is 47.6 Å². The van der Waals surface area contributed by atoms with E-state index < -0.39 is 0 Å². The van der Waals surface area contributed by atoms with Gasteiger partial charge in [-0.15, -0.1) is 0 Å². The van der Waals surface area contributed by atoms with E-state index >= 15 is 0 Å². The Balaban J connectivity index is 1.71. The lowest BCUT2D eigenvalue weighted by molar-refractivity contribution is 0.223. The molecule has 1 heteroatoms. The van der Waals surface area contributed by atoms with Crippen molar-refractivity contribution in [2.45, 2.75) is 26.2 Å². The van der Waals surface area contributed by atoms with Gasteiger partial charge in [-0.05, 0) is 37.3 Å². The Morgan fingerprint density at radius 3 is 3.00 bits per heavy atom. The number of nitrogens with zero attached hydrogens (tertiary/aromatic N) is 1. The topological polar surface area (TPSA) is 3.24 Å². The summed E-state index contributed by atoms with van der Waals surface area (Å²) in [7, 11) is 0. The Labute approximate surface area is 111 Å². The fourth-order valence-electron chi connectivity index (χ4n) is 3.35. The molecule has 0 aromatic rings. The first-order chi connectivity index (χ1) is 8.86. The smallest absolute Gasteiger partial charge is 0.00525 e. The summed E-state index contributed by atoms with van der Waals surface area (Å²) >= 11 is 0. The Hall–Kier alpha value is -1.08. The van der Waals surface area contributed by atoms with E-state index in [4.69, 9.17) is 0 Å². The molecule has 0 spiro atoms. The summed E-state index contributed by atoms with van der Waals surface area (Å²) in [5, 5.41) is 0. The molecular weight excluding hydrogens is 218 g/mol. The quantitative estimate of drug-likeness (QED) is 0.712. The van der Waals surface area contributed by atoms with E-state index in [9.17, 15) is 0 Å². The van der Waals surface area contributed by atoms with Gasteiger partial charge in [-0.25, -0.2) is 0 Å². The minimum Gasteiger partial charge on any atom is -0.303 e. The second kappa shape index (κ2) is 5.27. The zero-order valence-corrected chi connectivity index (χ0v) is 11.3. The summed E-state index contributed by atoms with van der Waals surface area (Å²) in [6.07, 6.45) is 17.7. The number of hydrogen-bond donors (Lipinski definition) is 0. The highest BCUT2D eigenvalue weighted by Crippen LogP contribution is 2.35. The van der Waals surface area contributed by atoms with Gasteiger partial charge in [-0.3, -0.25) is 0 Å². The molecule has 0 amide bonds. The molecule has 0 aromatic heterocycles. The molecule has 0 bridgehead atoms. The Morgan fingerprint density at radius 1 is 1.28 bits per heavy atom. The van der Waals surface area contributed by atoms with Gasteiger partial charge in [0, 0.05) is 19.0 Å². The average Bonchev–Trinajstić information content (AvgIpc) is 2.47. The third kappa shape index (κ3) is 2.37. The lowest BCUT2D eigenvalue weighted by Gasteiger charge is -2.36. The molecule has 1 saturated heterocycles. The number of rotatable bonds is 2. The summed E-state index contributed by atoms with van der Waals surface area (Å²) < 4.78 is 0. The van der Waals surface area contributed by atoms with Crippen molar-refractivity contribution >= 4 is 0 Å². The standard InChI is InChI=1S/C17H23N/c1-2-18-11-10-16-12-15(8-9-17(16)13-18)14-6-4-3-5-7-14/h3-6,8,12,14,17H,2,7,9-11,13H2,1H3. The zero-order valence-electron chi connectivity index (χ0n) is 11.3. The minimum atomic E-state index is 0.632. The Kier molecular flexibility index (Phi) is 3.51. The largest absolute Gasteiger partial charge is 0.303 e. The Bertz CT molecular complexity index is 425. The second-order valence-corrected chi connectivity index (χ2v) is 5.65. The predicted molar refractivity (Wildman–Crippen MR) is 77.4 cm³/mol. The van der Waals surface area contributed by atoms with Crippen LogP contribution in [0.5, 0.6) is 0 Å². The lowest BCUT2D eigenvalue weighted by Crippen LogP contribution is -2.37. The molecule has 18 heavy (non-hydrogen) atoms. The summed E-state index contributed by atoms with van der Waals surface area (Å²) in [5.41, 5.74) is 3.27. The first kappa shape index (κ1) is 12.0. The van der Waals surface area contributed by atoms with Gasteiger partial charge in [0.2, 0.25) is 0 Å². The molecular formula is C17H23N. The van der Waals surface area contributed by atoms with Gasteiger partial charge in [0.1, 0.15) is 0 Å². The van der Waals surface area contributed by atoms with Crippen LogP contribution in [0, 0.1) is 11.8 Å². The third-order valence-electron chi connectivity index (χ3n) is 4.57. The van der Waals surface area contributed by atoms with Crippen molar-refractivity contribution in [2.75, 3.05) is 19.6 Å². The number of fused-ring (bicyclic) bond motifs is 1. The van der Waals surface area contributed by atoms with E-state index in [1.807, 2.05) is 0 Å². The average molecular weight is 241 g/mol. The third-order valence-corrected chi connectivity index (χ3v) is 4.57. The van der Waals surface area contributed by atoms with Crippen LogP contribution in [0.15, 0.2) is 47.6 Å². The maximum absolute atomic E-state index is 2.59. The normalized spacial score (nSPS) is 31.8. The van der Waals surface area contributed by atoms with Gasteiger partial charge in [0.15, 0.2) is 0 Å². The number of allylic oxidation sites excluding steroid dienone is 7. The van der Waals surface area contributed by atoms with Gasteiger partial charge in [0.05, 0.1) is 0 Å². The van der Waals surface area contributed by atoms with E-state index in [1.165, 1.54) is 38.9 Å². The highest BCUT2D eigenvalue weighted by atomic mass is 15.1. The van der Waals surface area contributed by atoms with E-state index in [0.29, 0.717) is 5.92 Å². The molecule has 3 aliphatic rings. The van der Waals surface area contributed by atoms with Gasteiger partial charge < -0.3 is 4.90 Å². The highest BCUT2D eigenvalue weighted by molar-refractivity contribution is 5.36. The summed E-state index contributed by atoms with van der Waals surface area (Å²) in [6.45, 7) is 6.01. The van der Waals surface area contributed by atoms with Crippen LogP contribution in [0.3, 0.4) is 0 Å². The SMILES string of the molecule is CCN1CCC2=CC(C3C=CC=CC3)=CCC2C1. The molecule has 0 aromatic carbocycles. The number of likely N-dealkylation sites (tertiary alicyclic amines) is 1. The van der Waals surface area contributed by atoms with Crippen LogP contribution in [-0.4, -0.2) is 24.5 Å². The van der Waals surface area contributed by atoms with Gasteiger partial charge in [0.25, 0.3) is 0 Å². The molecule has 0 saturated carbocycles. The Morgan fingerprint density at radius 2 is 2.22 bits per heavy atom. The molecule has 0 radical (unpaired) electrons. The number of hydrogen-bond acceptors (Lipinski definition) is 1. The lowest BCUT2D eigenvalue weighted by atomic mass is 9.79. The molecule has 0 N–H and O–H groups in total. The molecule has 1 heterocycles. The van der Waals surface area contributed by atoms with Crippen molar-refractivity contribution in [1.29, 1.82) is 0 Å².